The minimum Gasteiger partial charge on any atom is -0.349 e. The Morgan fingerprint density at radius 2 is 2.11 bits per heavy atom. The molecule has 3 unspecified atom stereocenters. The highest BCUT2D eigenvalue weighted by Crippen LogP contribution is 2.27. The fraction of sp³-hybridized carbons (Fsp3) is 0.421. The average Bonchev–Trinajstić information content (AvgIpc) is 3.38. The fourth-order valence-electron chi connectivity index (χ4n) is 3.87. The number of rotatable bonds is 6. The van der Waals surface area contributed by atoms with Crippen molar-refractivity contribution >= 4 is 27.3 Å². The maximum Gasteiger partial charge on any atom is 0.251 e. The highest BCUT2D eigenvalue weighted by atomic mass is 32.2. The van der Waals surface area contributed by atoms with E-state index in [4.69, 9.17) is 0 Å². The van der Waals surface area contributed by atoms with Gasteiger partial charge in [-0.25, -0.2) is 13.1 Å². The molecular weight excluding hydrogens is 396 g/mol. The van der Waals surface area contributed by atoms with Gasteiger partial charge in [-0.2, -0.15) is 0 Å². The first-order valence-electron chi connectivity index (χ1n) is 9.42. The zero-order valence-electron chi connectivity index (χ0n) is 15.4. The van der Waals surface area contributed by atoms with E-state index in [0.29, 0.717) is 17.5 Å². The van der Waals surface area contributed by atoms with E-state index in [2.05, 4.69) is 20.9 Å². The lowest BCUT2D eigenvalue weighted by molar-refractivity contribution is 0.0918. The summed E-state index contributed by atoms with van der Waals surface area (Å²) in [4.78, 5) is 13.7. The molecule has 1 aliphatic carbocycles. The third kappa shape index (κ3) is 4.44. The van der Waals surface area contributed by atoms with E-state index in [1.165, 1.54) is 23.5 Å². The van der Waals surface area contributed by atoms with E-state index >= 15 is 0 Å². The van der Waals surface area contributed by atoms with E-state index in [9.17, 15) is 13.2 Å². The third-order valence-corrected chi connectivity index (χ3v) is 7.67. The molecule has 2 fully saturated rings. The van der Waals surface area contributed by atoms with Crippen LogP contribution in [0.1, 0.15) is 34.5 Å². The number of sulfonamides is 1. The van der Waals surface area contributed by atoms with Crippen LogP contribution in [0.2, 0.25) is 0 Å². The molecule has 2 aliphatic rings. The minimum atomic E-state index is -3.68. The van der Waals surface area contributed by atoms with E-state index in [1.807, 2.05) is 17.5 Å². The first-order valence-corrected chi connectivity index (χ1v) is 11.8. The van der Waals surface area contributed by atoms with Crippen LogP contribution in [0.15, 0.2) is 46.7 Å². The van der Waals surface area contributed by atoms with Crippen LogP contribution in [0, 0.1) is 5.92 Å². The summed E-state index contributed by atoms with van der Waals surface area (Å²) in [6, 6.07) is 10.6. The number of hydrazine groups is 1. The molecule has 1 aromatic carbocycles. The summed E-state index contributed by atoms with van der Waals surface area (Å²) in [6.45, 7) is 1.16. The minimum absolute atomic E-state index is 0.101. The van der Waals surface area contributed by atoms with Crippen LogP contribution in [0.25, 0.3) is 0 Å². The number of hydrogen-bond donors (Lipinski definition) is 4. The van der Waals surface area contributed by atoms with E-state index in [-0.39, 0.29) is 23.4 Å². The van der Waals surface area contributed by atoms with Gasteiger partial charge in [0.15, 0.2) is 0 Å². The van der Waals surface area contributed by atoms with Crippen LogP contribution in [0.3, 0.4) is 0 Å². The van der Waals surface area contributed by atoms with E-state index < -0.39 is 10.0 Å². The molecule has 1 amide bonds. The Kier molecular flexibility index (Phi) is 5.79. The van der Waals surface area contributed by atoms with Crippen LogP contribution in [-0.2, 0) is 16.6 Å². The van der Waals surface area contributed by atoms with Gasteiger partial charge >= 0.3 is 0 Å². The molecule has 0 spiro atoms. The second-order valence-electron chi connectivity index (χ2n) is 7.31. The van der Waals surface area contributed by atoms with Crippen molar-refractivity contribution in [2.24, 2.45) is 5.92 Å². The molecule has 150 valence electrons. The van der Waals surface area contributed by atoms with Crippen molar-refractivity contribution in [3.8, 4) is 0 Å². The zero-order valence-corrected chi connectivity index (χ0v) is 17.0. The number of carbonyl (C=O) groups excluding carboxylic acids is 1. The summed E-state index contributed by atoms with van der Waals surface area (Å²) in [6.07, 6.45) is 2.86. The molecule has 2 heterocycles. The highest BCUT2D eigenvalue weighted by Gasteiger charge is 2.34. The Morgan fingerprint density at radius 3 is 2.93 bits per heavy atom. The monoisotopic (exact) mass is 420 g/mol. The quantitative estimate of drug-likeness (QED) is 0.569. The van der Waals surface area contributed by atoms with Gasteiger partial charge in [0.25, 0.3) is 5.91 Å². The van der Waals surface area contributed by atoms with Gasteiger partial charge in [-0.1, -0.05) is 12.1 Å². The van der Waals surface area contributed by atoms with Gasteiger partial charge in [0.1, 0.15) is 0 Å². The molecule has 3 atom stereocenters. The Balaban J connectivity index is 1.40. The Bertz CT molecular complexity index is 930. The van der Waals surface area contributed by atoms with Crippen LogP contribution in [-0.4, -0.2) is 33.0 Å². The number of hydrogen-bond acceptors (Lipinski definition) is 6. The molecule has 4 N–H and O–H groups in total. The molecule has 9 heteroatoms. The third-order valence-electron chi connectivity index (χ3n) is 5.39. The van der Waals surface area contributed by atoms with E-state index in [1.54, 1.807) is 12.1 Å². The van der Waals surface area contributed by atoms with Crippen molar-refractivity contribution in [3.63, 3.8) is 0 Å². The van der Waals surface area contributed by atoms with E-state index in [0.717, 1.165) is 30.7 Å². The summed E-state index contributed by atoms with van der Waals surface area (Å²) in [5.74, 6) is 0.296. The molecule has 7 nitrogen and oxygen atoms in total. The maximum atomic E-state index is 12.7. The lowest BCUT2D eigenvalue weighted by Gasteiger charge is -2.31. The smallest absolute Gasteiger partial charge is 0.251 e. The lowest BCUT2D eigenvalue weighted by atomic mass is 9.83. The number of benzene rings is 1. The Morgan fingerprint density at radius 1 is 1.21 bits per heavy atom. The maximum absolute atomic E-state index is 12.7. The van der Waals surface area contributed by atoms with Crippen LogP contribution >= 0.6 is 11.3 Å². The standard InChI is InChI=1S/C19H24N4O3S2/c24-19(22-15-6-7-18-14(9-15)11-20-23-18)13-3-1-5-17(10-13)28(25,26)21-12-16-4-2-8-27-16/h1-5,8,10,14-15,18,20-21,23H,6-7,9,11-12H2,(H,22,24). The van der Waals surface area contributed by atoms with Gasteiger partial charge in [-0.15, -0.1) is 11.3 Å². The molecule has 28 heavy (non-hydrogen) atoms. The molecule has 0 radical (unpaired) electrons. The number of amides is 1. The van der Waals surface area contributed by atoms with Crippen LogP contribution in [0.4, 0.5) is 0 Å². The first-order chi connectivity index (χ1) is 13.5. The largest absolute Gasteiger partial charge is 0.349 e. The van der Waals surface area contributed by atoms with Crippen molar-refractivity contribution in [1.82, 2.24) is 20.9 Å². The molecule has 1 aromatic heterocycles. The summed E-state index contributed by atoms with van der Waals surface area (Å²) in [7, 11) is -3.68. The van der Waals surface area contributed by atoms with Gasteiger partial charge in [-0.3, -0.25) is 15.6 Å². The van der Waals surface area contributed by atoms with Crippen LogP contribution < -0.4 is 20.9 Å². The average molecular weight is 421 g/mol. The SMILES string of the molecule is O=C(NC1CCC2NNCC2C1)c1cccc(S(=O)(=O)NCc2cccs2)c1. The molecular formula is C19H24N4O3S2. The van der Waals surface area contributed by atoms with Crippen molar-refractivity contribution in [2.75, 3.05) is 6.54 Å². The van der Waals surface area contributed by atoms with Gasteiger partial charge in [0.2, 0.25) is 10.0 Å². The number of nitrogens with one attached hydrogen (secondary N) is 4. The van der Waals surface area contributed by atoms with Gasteiger partial charge < -0.3 is 5.32 Å². The molecule has 1 aliphatic heterocycles. The lowest BCUT2D eigenvalue weighted by Crippen LogP contribution is -2.44. The highest BCUT2D eigenvalue weighted by molar-refractivity contribution is 7.89. The zero-order chi connectivity index (χ0) is 19.6. The second-order valence-corrected chi connectivity index (χ2v) is 10.1. The predicted molar refractivity (Wildman–Crippen MR) is 108 cm³/mol. The Hall–Kier alpha value is -1.78. The molecule has 0 bridgehead atoms. The van der Waals surface area contributed by atoms with Gasteiger partial charge in [-0.05, 0) is 54.8 Å². The molecule has 1 saturated carbocycles. The number of carbonyl (C=O) groups is 1. The van der Waals surface area contributed by atoms with Crippen molar-refractivity contribution in [1.29, 1.82) is 0 Å². The number of fused-ring (bicyclic) bond motifs is 1. The second kappa shape index (κ2) is 8.30. The fourth-order valence-corrected chi connectivity index (χ4v) is 5.66. The normalized spacial score (nSPS) is 24.6. The summed E-state index contributed by atoms with van der Waals surface area (Å²) >= 11 is 1.49. The van der Waals surface area contributed by atoms with Gasteiger partial charge in [0.05, 0.1) is 4.90 Å². The summed E-state index contributed by atoms with van der Waals surface area (Å²) in [5, 5.41) is 4.98. The molecule has 1 saturated heterocycles. The topological polar surface area (TPSA) is 99.3 Å². The molecule has 2 aromatic rings. The predicted octanol–water partition coefficient (Wildman–Crippen LogP) is 1.60. The summed E-state index contributed by atoms with van der Waals surface area (Å²) < 4.78 is 27.7. The van der Waals surface area contributed by atoms with Crippen molar-refractivity contribution in [2.45, 2.75) is 42.8 Å². The van der Waals surface area contributed by atoms with Crippen LogP contribution in [0.5, 0.6) is 0 Å². The first kappa shape index (κ1) is 19.5. The Labute approximate surface area is 168 Å². The summed E-state index contributed by atoms with van der Waals surface area (Å²) in [5.41, 5.74) is 6.82. The van der Waals surface area contributed by atoms with Crippen molar-refractivity contribution < 1.29 is 13.2 Å². The molecule has 4 rings (SSSR count). The number of thiophene rings is 1. The van der Waals surface area contributed by atoms with Gasteiger partial charge in [0, 0.05) is 35.6 Å². The van der Waals surface area contributed by atoms with Crippen molar-refractivity contribution in [3.05, 3.63) is 52.2 Å².